The lowest BCUT2D eigenvalue weighted by Gasteiger charge is -2.15. The summed E-state index contributed by atoms with van der Waals surface area (Å²) in [6.45, 7) is 6.44. The molecule has 1 aliphatic heterocycles. The quantitative estimate of drug-likeness (QED) is 0.513. The van der Waals surface area contributed by atoms with Gasteiger partial charge in [-0.1, -0.05) is 13.8 Å². The number of nitrogens with zero attached hydrogens (tertiary/aromatic N) is 6. The van der Waals surface area contributed by atoms with Crippen LogP contribution in [-0.4, -0.2) is 53.7 Å². The van der Waals surface area contributed by atoms with E-state index in [0.29, 0.717) is 42.2 Å². The number of anilines is 1. The molecular formula is C24H27N7O4. The van der Waals surface area contributed by atoms with E-state index in [1.54, 1.807) is 24.1 Å². The third-order valence-electron chi connectivity index (χ3n) is 6.19. The molecule has 0 bridgehead atoms. The minimum atomic E-state index is -0.607. The molecule has 4 heterocycles. The number of fused-ring (bicyclic) bond motifs is 2. The van der Waals surface area contributed by atoms with Gasteiger partial charge < -0.3 is 10.4 Å². The highest BCUT2D eigenvalue weighted by Crippen LogP contribution is 2.27. The Balaban J connectivity index is 1.58. The van der Waals surface area contributed by atoms with E-state index < -0.39 is 17.3 Å². The second-order valence-electron chi connectivity index (χ2n) is 9.44. The number of amides is 2. The zero-order chi connectivity index (χ0) is 24.9. The summed E-state index contributed by atoms with van der Waals surface area (Å²) in [5.74, 6) is -0.711. The molecule has 0 aromatic carbocycles. The number of aromatic nitrogens is 5. The molecule has 3 aromatic heterocycles. The Kier molecular flexibility index (Phi) is 5.62. The lowest BCUT2D eigenvalue weighted by Crippen LogP contribution is -2.36. The van der Waals surface area contributed by atoms with Gasteiger partial charge in [0.15, 0.2) is 5.56 Å². The van der Waals surface area contributed by atoms with Gasteiger partial charge >= 0.3 is 0 Å². The summed E-state index contributed by atoms with van der Waals surface area (Å²) in [5, 5.41) is 18.1. The fourth-order valence-electron chi connectivity index (χ4n) is 4.35. The van der Waals surface area contributed by atoms with Crippen LogP contribution in [0, 0.1) is 12.8 Å². The van der Waals surface area contributed by atoms with Gasteiger partial charge in [0.1, 0.15) is 17.8 Å². The van der Waals surface area contributed by atoms with Crippen LogP contribution in [0.5, 0.6) is 5.88 Å². The number of hydrogen-bond donors (Lipinski definition) is 2. The van der Waals surface area contributed by atoms with Crippen LogP contribution in [-0.2, 0) is 17.8 Å². The van der Waals surface area contributed by atoms with Crippen molar-refractivity contribution in [3.63, 3.8) is 0 Å². The number of aryl methyl sites for hydroxylation is 1. The van der Waals surface area contributed by atoms with Crippen molar-refractivity contribution in [3.8, 4) is 5.88 Å². The van der Waals surface area contributed by atoms with E-state index in [-0.39, 0.29) is 23.4 Å². The summed E-state index contributed by atoms with van der Waals surface area (Å²) < 4.78 is 2.66. The molecule has 0 saturated heterocycles. The topological polar surface area (TPSA) is 135 Å². The SMILES string of the molecule is Cc1nn2c(O)c(C(=O)NC3CC3)c(=O)n(CC(C)C)c2c1C=CC(=O)N1CCc2cncnc21. The standard InChI is InChI=1S/C24H27N7O4/c1-13(2)11-30-22-17(6-7-18(32)29-9-8-15-10-25-12-26-20(15)29)14(3)28-31(22)24(35)19(23(30)34)21(33)27-16-4-5-16/h6-7,10,12-13,16,35H,4-5,8-9,11H2,1-3H3,(H,27,33). The maximum atomic E-state index is 13.4. The van der Waals surface area contributed by atoms with E-state index in [1.165, 1.54) is 21.5 Å². The van der Waals surface area contributed by atoms with Crippen molar-refractivity contribution in [2.24, 2.45) is 5.92 Å². The van der Waals surface area contributed by atoms with Gasteiger partial charge in [-0.2, -0.15) is 9.61 Å². The van der Waals surface area contributed by atoms with Gasteiger partial charge in [-0.3, -0.25) is 23.9 Å². The summed E-state index contributed by atoms with van der Waals surface area (Å²) in [7, 11) is 0. The molecule has 35 heavy (non-hydrogen) atoms. The molecule has 182 valence electrons. The van der Waals surface area contributed by atoms with Crippen molar-refractivity contribution in [1.82, 2.24) is 29.5 Å². The van der Waals surface area contributed by atoms with Crippen LogP contribution in [0.1, 0.15) is 53.9 Å². The summed E-state index contributed by atoms with van der Waals surface area (Å²) in [6.07, 6.45) is 8.51. The van der Waals surface area contributed by atoms with Gasteiger partial charge in [0.2, 0.25) is 5.88 Å². The molecule has 1 fully saturated rings. The highest BCUT2D eigenvalue weighted by molar-refractivity contribution is 6.05. The van der Waals surface area contributed by atoms with Crippen LogP contribution in [0.15, 0.2) is 23.4 Å². The highest BCUT2D eigenvalue weighted by Gasteiger charge is 2.30. The Morgan fingerprint density at radius 2 is 2.09 bits per heavy atom. The first-order valence-corrected chi connectivity index (χ1v) is 11.7. The maximum absolute atomic E-state index is 13.4. The molecule has 11 heteroatoms. The number of hydrogen-bond acceptors (Lipinski definition) is 7. The van der Waals surface area contributed by atoms with Crippen molar-refractivity contribution in [2.45, 2.75) is 52.6 Å². The van der Waals surface area contributed by atoms with Gasteiger partial charge in [0, 0.05) is 42.5 Å². The highest BCUT2D eigenvalue weighted by atomic mass is 16.3. The summed E-state index contributed by atoms with van der Waals surface area (Å²) in [6, 6.07) is 0.0281. The van der Waals surface area contributed by atoms with Crippen LogP contribution in [0.2, 0.25) is 0 Å². The van der Waals surface area contributed by atoms with Gasteiger partial charge in [-0.05, 0) is 38.2 Å². The van der Waals surface area contributed by atoms with Crippen molar-refractivity contribution in [2.75, 3.05) is 11.4 Å². The number of carbonyl (C=O) groups is 2. The Morgan fingerprint density at radius 3 is 2.80 bits per heavy atom. The van der Waals surface area contributed by atoms with Crippen molar-refractivity contribution in [3.05, 3.63) is 51.3 Å². The third kappa shape index (κ3) is 4.07. The Hall–Kier alpha value is -4.02. The monoisotopic (exact) mass is 477 g/mol. The molecule has 2 N–H and O–H groups in total. The van der Waals surface area contributed by atoms with Gasteiger partial charge in [-0.15, -0.1) is 0 Å². The molecule has 0 radical (unpaired) electrons. The predicted molar refractivity (Wildman–Crippen MR) is 128 cm³/mol. The summed E-state index contributed by atoms with van der Waals surface area (Å²) >= 11 is 0. The molecule has 0 atom stereocenters. The lowest BCUT2D eigenvalue weighted by molar-refractivity contribution is -0.114. The smallest absolute Gasteiger partial charge is 0.270 e. The lowest BCUT2D eigenvalue weighted by atomic mass is 10.1. The first-order valence-electron chi connectivity index (χ1n) is 11.7. The zero-order valence-electron chi connectivity index (χ0n) is 19.9. The fourth-order valence-corrected chi connectivity index (χ4v) is 4.35. The molecular weight excluding hydrogens is 450 g/mol. The molecule has 5 rings (SSSR count). The van der Waals surface area contributed by atoms with Crippen LogP contribution >= 0.6 is 0 Å². The normalized spacial score (nSPS) is 15.4. The minimum absolute atomic E-state index is 0.0281. The van der Waals surface area contributed by atoms with E-state index in [2.05, 4.69) is 20.4 Å². The molecule has 1 saturated carbocycles. The van der Waals surface area contributed by atoms with E-state index in [9.17, 15) is 19.5 Å². The van der Waals surface area contributed by atoms with Crippen molar-refractivity contribution in [1.29, 1.82) is 0 Å². The molecule has 2 amide bonds. The van der Waals surface area contributed by atoms with Gasteiger partial charge in [-0.25, -0.2) is 9.97 Å². The number of rotatable bonds is 6. The second-order valence-corrected chi connectivity index (χ2v) is 9.44. The number of aromatic hydroxyl groups is 1. The van der Waals surface area contributed by atoms with Crippen LogP contribution in [0.3, 0.4) is 0 Å². The van der Waals surface area contributed by atoms with Gasteiger partial charge in [0.25, 0.3) is 17.4 Å². The van der Waals surface area contributed by atoms with Crippen LogP contribution in [0.4, 0.5) is 5.82 Å². The van der Waals surface area contributed by atoms with Crippen molar-refractivity contribution >= 4 is 29.4 Å². The van der Waals surface area contributed by atoms with E-state index in [1.807, 2.05) is 13.8 Å². The molecule has 1 aliphatic carbocycles. The fraction of sp³-hybridized carbons (Fsp3) is 0.417. The molecule has 3 aromatic rings. The van der Waals surface area contributed by atoms with Crippen LogP contribution < -0.4 is 15.8 Å². The number of carbonyl (C=O) groups excluding carboxylic acids is 2. The number of nitrogens with one attached hydrogen (secondary N) is 1. The molecule has 11 nitrogen and oxygen atoms in total. The van der Waals surface area contributed by atoms with E-state index >= 15 is 0 Å². The summed E-state index contributed by atoms with van der Waals surface area (Å²) in [5.41, 5.74) is 1.34. The third-order valence-corrected chi connectivity index (χ3v) is 6.19. The second kappa shape index (κ2) is 8.64. The maximum Gasteiger partial charge on any atom is 0.270 e. The van der Waals surface area contributed by atoms with Crippen molar-refractivity contribution < 1.29 is 14.7 Å². The Morgan fingerprint density at radius 1 is 1.31 bits per heavy atom. The minimum Gasteiger partial charge on any atom is -0.492 e. The molecule has 0 unspecified atom stereocenters. The summed E-state index contributed by atoms with van der Waals surface area (Å²) in [4.78, 5) is 49.0. The first-order chi connectivity index (χ1) is 16.8. The first kappa shape index (κ1) is 22.8. The molecule has 2 aliphatic rings. The Bertz CT molecular complexity index is 1430. The van der Waals surface area contributed by atoms with Gasteiger partial charge in [0.05, 0.1) is 5.69 Å². The zero-order valence-corrected chi connectivity index (χ0v) is 19.9. The van der Waals surface area contributed by atoms with Crippen LogP contribution in [0.25, 0.3) is 11.7 Å². The largest absolute Gasteiger partial charge is 0.492 e. The predicted octanol–water partition coefficient (Wildman–Crippen LogP) is 1.45. The average molecular weight is 478 g/mol. The average Bonchev–Trinajstić information content (AvgIpc) is 3.41. The Labute approximate surface area is 201 Å². The van der Waals surface area contributed by atoms with E-state index in [4.69, 9.17) is 0 Å². The van der Waals surface area contributed by atoms with E-state index in [0.717, 1.165) is 18.4 Å². The molecule has 0 spiro atoms.